The normalized spacial score (nSPS) is 19.4. The van der Waals surface area contributed by atoms with Gasteiger partial charge in [-0.05, 0) is 33.1 Å². The molecule has 1 fully saturated rings. The molecule has 0 N–H and O–H groups in total. The highest BCUT2D eigenvalue weighted by atomic mass is 28.4. The molecule has 1 rings (SSSR count). The maximum atomic E-state index is 6.15. The van der Waals surface area contributed by atoms with Crippen molar-refractivity contribution in [2.45, 2.75) is 71.6 Å². The van der Waals surface area contributed by atoms with Crippen molar-refractivity contribution in [2.24, 2.45) is 0 Å². The molecule has 0 aliphatic carbocycles. The van der Waals surface area contributed by atoms with Gasteiger partial charge in [0.05, 0.1) is 19.3 Å². The molecule has 1 aliphatic rings. The molecule has 0 aromatic rings. The molecule has 0 amide bonds. The van der Waals surface area contributed by atoms with Gasteiger partial charge in [-0.25, -0.2) is 0 Å². The molecule has 1 heterocycles. The Morgan fingerprint density at radius 3 is 2.27 bits per heavy atom. The van der Waals surface area contributed by atoms with Crippen molar-refractivity contribution in [1.29, 1.82) is 0 Å². The molecular weight excluding hydrogens is 300 g/mol. The summed E-state index contributed by atoms with van der Waals surface area (Å²) in [5, 5.41) is 0. The third-order valence-electron chi connectivity index (χ3n) is 3.70. The van der Waals surface area contributed by atoms with Crippen LogP contribution in [0.25, 0.3) is 0 Å². The quantitative estimate of drug-likeness (QED) is 0.339. The Morgan fingerprint density at radius 2 is 1.77 bits per heavy atom. The summed E-state index contributed by atoms with van der Waals surface area (Å²) in [6.07, 6.45) is 4.62. The van der Waals surface area contributed by atoms with Crippen LogP contribution in [-0.4, -0.2) is 54.0 Å². The molecule has 5 nitrogen and oxygen atoms in total. The van der Waals surface area contributed by atoms with Crippen molar-refractivity contribution in [3.8, 4) is 0 Å². The Morgan fingerprint density at radius 1 is 1.09 bits per heavy atom. The van der Waals surface area contributed by atoms with Gasteiger partial charge in [0.25, 0.3) is 0 Å². The topological polar surface area (TPSA) is 49.5 Å². The molecule has 132 valence electrons. The maximum absolute atomic E-state index is 6.15. The molecule has 2 atom stereocenters. The van der Waals surface area contributed by atoms with Gasteiger partial charge in [0.1, 0.15) is 6.10 Å². The molecular formula is C16H34O5Si. The Balaban J connectivity index is 2.37. The summed E-state index contributed by atoms with van der Waals surface area (Å²) in [4.78, 5) is 0. The van der Waals surface area contributed by atoms with E-state index in [0.717, 1.165) is 38.3 Å². The lowest BCUT2D eigenvalue weighted by molar-refractivity contribution is 0.0114. The van der Waals surface area contributed by atoms with E-state index in [2.05, 4.69) is 13.8 Å². The zero-order valence-electron chi connectivity index (χ0n) is 14.8. The zero-order chi connectivity index (χ0) is 16.3. The van der Waals surface area contributed by atoms with Crippen LogP contribution in [0.4, 0.5) is 0 Å². The Bertz CT molecular complexity index is 267. The molecule has 0 radical (unpaired) electrons. The van der Waals surface area contributed by atoms with Crippen molar-refractivity contribution in [1.82, 2.24) is 0 Å². The van der Waals surface area contributed by atoms with Crippen LogP contribution in [0.1, 0.15) is 53.4 Å². The number of unbranched alkanes of at least 4 members (excludes halogenated alkanes) is 1. The minimum absolute atomic E-state index is 0.227. The van der Waals surface area contributed by atoms with Crippen LogP contribution in [0.5, 0.6) is 0 Å². The Kier molecular flexibility index (Phi) is 10.5. The van der Waals surface area contributed by atoms with Crippen LogP contribution in [-0.2, 0) is 22.8 Å². The van der Waals surface area contributed by atoms with Crippen LogP contribution < -0.4 is 0 Å². The van der Waals surface area contributed by atoms with Crippen LogP contribution in [0.3, 0.4) is 0 Å². The van der Waals surface area contributed by atoms with Gasteiger partial charge in [0.2, 0.25) is 0 Å². The van der Waals surface area contributed by atoms with Crippen molar-refractivity contribution >= 4 is 8.80 Å². The highest BCUT2D eigenvalue weighted by Crippen LogP contribution is 2.20. The first-order valence-electron chi connectivity index (χ1n) is 8.84. The van der Waals surface area contributed by atoms with Crippen LogP contribution in [0, 0.1) is 0 Å². The van der Waals surface area contributed by atoms with E-state index in [1.807, 2.05) is 13.8 Å². The van der Waals surface area contributed by atoms with E-state index < -0.39 is 8.80 Å². The number of rotatable bonds is 15. The number of epoxide rings is 1. The van der Waals surface area contributed by atoms with Crippen LogP contribution >= 0.6 is 0 Å². The van der Waals surface area contributed by atoms with Gasteiger partial charge in [-0.15, -0.1) is 0 Å². The number of ether oxygens (including phenoxy) is 2. The van der Waals surface area contributed by atoms with Crippen LogP contribution in [0.2, 0.25) is 6.04 Å². The number of hydrogen-bond donors (Lipinski definition) is 0. The minimum Gasteiger partial charge on any atom is -0.375 e. The van der Waals surface area contributed by atoms with E-state index in [4.69, 9.17) is 22.8 Å². The van der Waals surface area contributed by atoms with E-state index >= 15 is 0 Å². The van der Waals surface area contributed by atoms with Gasteiger partial charge in [-0.1, -0.05) is 20.3 Å². The summed E-state index contributed by atoms with van der Waals surface area (Å²) in [5.41, 5.74) is 0. The van der Waals surface area contributed by atoms with E-state index in [1.54, 1.807) is 0 Å². The van der Waals surface area contributed by atoms with E-state index in [-0.39, 0.29) is 6.10 Å². The second kappa shape index (κ2) is 11.5. The lowest BCUT2D eigenvalue weighted by Gasteiger charge is -2.29. The first-order chi connectivity index (χ1) is 10.7. The SMILES string of the molecule is CCCC[Si](OCC)(OCC)OCCC(CC)OCC1CO1. The molecule has 6 heteroatoms. The summed E-state index contributed by atoms with van der Waals surface area (Å²) in [5.74, 6) is 0. The molecule has 0 bridgehead atoms. The third-order valence-corrected chi connectivity index (χ3v) is 6.77. The van der Waals surface area contributed by atoms with Crippen LogP contribution in [0.15, 0.2) is 0 Å². The van der Waals surface area contributed by atoms with Crippen molar-refractivity contribution in [3.63, 3.8) is 0 Å². The largest absolute Gasteiger partial charge is 0.500 e. The summed E-state index contributed by atoms with van der Waals surface area (Å²) in [6, 6.07) is 0.902. The first-order valence-corrected chi connectivity index (χ1v) is 10.8. The second-order valence-electron chi connectivity index (χ2n) is 5.61. The van der Waals surface area contributed by atoms with E-state index in [0.29, 0.717) is 32.5 Å². The standard InChI is InChI=1S/C16H34O5Si/c1-5-9-12-22(19-7-3,20-8-4)21-11-10-15(6-2)17-13-16-14-18-16/h15-16H,5-14H2,1-4H3. The van der Waals surface area contributed by atoms with Gasteiger partial charge < -0.3 is 22.8 Å². The minimum atomic E-state index is -2.51. The average Bonchev–Trinajstić information content (AvgIpc) is 3.33. The highest BCUT2D eigenvalue weighted by molar-refractivity contribution is 6.60. The highest BCUT2D eigenvalue weighted by Gasteiger charge is 2.40. The third kappa shape index (κ3) is 8.03. The summed E-state index contributed by atoms with van der Waals surface area (Å²) >= 11 is 0. The Hall–Kier alpha value is 0.0169. The Labute approximate surface area is 137 Å². The summed E-state index contributed by atoms with van der Waals surface area (Å²) < 4.78 is 29.1. The van der Waals surface area contributed by atoms with Gasteiger partial charge in [-0.2, -0.15) is 0 Å². The fourth-order valence-corrected chi connectivity index (χ4v) is 5.11. The lowest BCUT2D eigenvalue weighted by atomic mass is 10.2. The maximum Gasteiger partial charge on any atom is 0.500 e. The first kappa shape index (κ1) is 20.1. The summed E-state index contributed by atoms with van der Waals surface area (Å²) in [7, 11) is -2.51. The van der Waals surface area contributed by atoms with Gasteiger partial charge >= 0.3 is 8.80 Å². The van der Waals surface area contributed by atoms with Gasteiger partial charge in [0, 0.05) is 25.9 Å². The summed E-state index contributed by atoms with van der Waals surface area (Å²) in [6.45, 7) is 11.8. The number of hydrogen-bond acceptors (Lipinski definition) is 5. The molecule has 22 heavy (non-hydrogen) atoms. The van der Waals surface area contributed by atoms with Crippen molar-refractivity contribution < 1.29 is 22.8 Å². The predicted octanol–water partition coefficient (Wildman–Crippen LogP) is 3.40. The molecule has 2 unspecified atom stereocenters. The monoisotopic (exact) mass is 334 g/mol. The smallest absolute Gasteiger partial charge is 0.375 e. The molecule has 0 aromatic heterocycles. The predicted molar refractivity (Wildman–Crippen MR) is 89.1 cm³/mol. The fourth-order valence-electron chi connectivity index (χ4n) is 2.33. The second-order valence-corrected chi connectivity index (χ2v) is 8.34. The zero-order valence-corrected chi connectivity index (χ0v) is 15.8. The fraction of sp³-hybridized carbons (Fsp3) is 1.00. The molecule has 0 spiro atoms. The molecule has 1 saturated heterocycles. The van der Waals surface area contributed by atoms with Gasteiger partial charge in [0.15, 0.2) is 0 Å². The van der Waals surface area contributed by atoms with E-state index in [1.165, 1.54) is 0 Å². The molecule has 1 aliphatic heterocycles. The van der Waals surface area contributed by atoms with Crippen molar-refractivity contribution in [2.75, 3.05) is 33.0 Å². The van der Waals surface area contributed by atoms with Crippen molar-refractivity contribution in [3.05, 3.63) is 0 Å². The molecule has 0 aromatic carbocycles. The average molecular weight is 335 g/mol. The lowest BCUT2D eigenvalue weighted by Crippen LogP contribution is -2.46. The van der Waals surface area contributed by atoms with Gasteiger partial charge in [-0.3, -0.25) is 0 Å². The molecule has 0 saturated carbocycles. The van der Waals surface area contributed by atoms with E-state index in [9.17, 15) is 0 Å².